The van der Waals surface area contributed by atoms with Crippen molar-refractivity contribution in [2.45, 2.75) is 32.3 Å². The molecule has 1 aromatic heterocycles. The molecule has 4 nitrogen and oxygen atoms in total. The Morgan fingerprint density at radius 1 is 1.69 bits per heavy atom. The summed E-state index contributed by atoms with van der Waals surface area (Å²) in [6, 6.07) is 0. The summed E-state index contributed by atoms with van der Waals surface area (Å²) in [4.78, 5) is 11.2. The van der Waals surface area contributed by atoms with E-state index < -0.39 is 0 Å². The Kier molecular flexibility index (Phi) is 1.92. The minimum Gasteiger partial charge on any atom is -0.390 e. The van der Waals surface area contributed by atoms with Crippen molar-refractivity contribution < 1.29 is 14.4 Å². The predicted octanol–water partition coefficient (Wildman–Crippen LogP) is 1.25. The second-order valence-electron chi connectivity index (χ2n) is 3.36. The minimum atomic E-state index is -0.231. The van der Waals surface area contributed by atoms with Crippen LogP contribution >= 0.6 is 0 Å². The monoisotopic (exact) mass is 181 g/mol. The molecule has 0 bridgehead atoms. The summed E-state index contributed by atoms with van der Waals surface area (Å²) in [5.74, 6) is 0.940. The third-order valence-corrected chi connectivity index (χ3v) is 2.24. The number of aliphatic hydroxyl groups is 1. The van der Waals surface area contributed by atoms with Crippen molar-refractivity contribution in [2.24, 2.45) is 0 Å². The van der Waals surface area contributed by atoms with Crippen LogP contribution in [0.25, 0.3) is 0 Å². The molecule has 4 heteroatoms. The van der Waals surface area contributed by atoms with Crippen molar-refractivity contribution in [3.63, 3.8) is 0 Å². The fourth-order valence-electron chi connectivity index (χ4n) is 1.45. The molecule has 2 rings (SSSR count). The van der Waals surface area contributed by atoms with Crippen molar-refractivity contribution >= 4 is 5.78 Å². The molecule has 1 aliphatic rings. The standard InChI is InChI=1S/C9H11NO3/c1-5(12)8-7(4-11)10-13-9(8)6-2-3-6/h6,11H,2-4H2,1H3. The molecule has 0 saturated heterocycles. The van der Waals surface area contributed by atoms with E-state index in [9.17, 15) is 4.79 Å². The van der Waals surface area contributed by atoms with E-state index in [0.717, 1.165) is 12.8 Å². The number of rotatable bonds is 3. The molecule has 0 aromatic carbocycles. The largest absolute Gasteiger partial charge is 0.390 e. The zero-order valence-corrected chi connectivity index (χ0v) is 7.41. The van der Waals surface area contributed by atoms with Crippen LogP contribution in [-0.4, -0.2) is 16.0 Å². The van der Waals surface area contributed by atoms with Crippen LogP contribution < -0.4 is 0 Å². The maximum atomic E-state index is 11.2. The lowest BCUT2D eigenvalue weighted by atomic mass is 10.1. The van der Waals surface area contributed by atoms with Crippen molar-refractivity contribution in [2.75, 3.05) is 0 Å². The first-order chi connectivity index (χ1) is 6.24. The first-order valence-corrected chi connectivity index (χ1v) is 4.34. The van der Waals surface area contributed by atoms with Crippen LogP contribution in [0.5, 0.6) is 0 Å². The molecule has 1 heterocycles. The van der Waals surface area contributed by atoms with E-state index in [1.807, 2.05) is 0 Å². The molecular formula is C9H11NO3. The number of aromatic nitrogens is 1. The van der Waals surface area contributed by atoms with Gasteiger partial charge in [-0.25, -0.2) is 0 Å². The number of nitrogens with zero attached hydrogens (tertiary/aromatic N) is 1. The maximum Gasteiger partial charge on any atom is 0.165 e. The third kappa shape index (κ3) is 1.37. The Morgan fingerprint density at radius 3 is 2.85 bits per heavy atom. The molecule has 0 amide bonds. The lowest BCUT2D eigenvalue weighted by Gasteiger charge is -1.94. The molecule has 13 heavy (non-hydrogen) atoms. The zero-order chi connectivity index (χ0) is 9.42. The van der Waals surface area contributed by atoms with Crippen LogP contribution in [0.15, 0.2) is 4.52 Å². The highest BCUT2D eigenvalue weighted by Gasteiger charge is 2.33. The van der Waals surface area contributed by atoms with Crippen LogP contribution in [0.1, 0.15) is 47.5 Å². The van der Waals surface area contributed by atoms with Gasteiger partial charge in [0.1, 0.15) is 5.69 Å². The van der Waals surface area contributed by atoms with Crippen molar-refractivity contribution in [1.82, 2.24) is 5.16 Å². The molecule has 0 radical (unpaired) electrons. The summed E-state index contributed by atoms with van der Waals surface area (Å²) >= 11 is 0. The topological polar surface area (TPSA) is 63.3 Å². The number of aliphatic hydroxyl groups excluding tert-OH is 1. The number of ketones is 1. The van der Waals surface area contributed by atoms with E-state index in [4.69, 9.17) is 9.63 Å². The van der Waals surface area contributed by atoms with Gasteiger partial charge in [0.25, 0.3) is 0 Å². The molecule has 1 aliphatic carbocycles. The Morgan fingerprint density at radius 2 is 2.38 bits per heavy atom. The van der Waals surface area contributed by atoms with Gasteiger partial charge in [-0.3, -0.25) is 4.79 Å². The van der Waals surface area contributed by atoms with E-state index in [0.29, 0.717) is 22.9 Å². The van der Waals surface area contributed by atoms with E-state index in [2.05, 4.69) is 5.16 Å². The van der Waals surface area contributed by atoms with Crippen molar-refractivity contribution in [3.05, 3.63) is 17.0 Å². The normalized spacial score (nSPS) is 16.2. The maximum absolute atomic E-state index is 11.2. The Labute approximate surface area is 75.5 Å². The highest BCUT2D eigenvalue weighted by atomic mass is 16.5. The highest BCUT2D eigenvalue weighted by Crippen LogP contribution is 2.42. The number of carbonyl (C=O) groups excluding carboxylic acids is 1. The number of Topliss-reactive ketones (excluding diaryl/α,β-unsaturated/α-hetero) is 1. The van der Waals surface area contributed by atoms with Gasteiger partial charge in [0.05, 0.1) is 12.2 Å². The van der Waals surface area contributed by atoms with E-state index in [1.165, 1.54) is 6.92 Å². The molecular weight excluding hydrogens is 170 g/mol. The molecule has 1 fully saturated rings. The number of carbonyl (C=O) groups is 1. The van der Waals surface area contributed by atoms with Crippen LogP contribution in [0.2, 0.25) is 0 Å². The smallest absolute Gasteiger partial charge is 0.165 e. The summed E-state index contributed by atoms with van der Waals surface area (Å²) < 4.78 is 5.04. The average Bonchev–Trinajstić information content (AvgIpc) is 2.84. The fraction of sp³-hybridized carbons (Fsp3) is 0.556. The fourth-order valence-corrected chi connectivity index (χ4v) is 1.45. The molecule has 1 aromatic rings. The SMILES string of the molecule is CC(=O)c1c(CO)noc1C1CC1. The Hall–Kier alpha value is -1.16. The number of hydrogen-bond acceptors (Lipinski definition) is 4. The predicted molar refractivity (Wildman–Crippen MR) is 44.4 cm³/mol. The van der Waals surface area contributed by atoms with Gasteiger partial charge in [-0.1, -0.05) is 5.16 Å². The van der Waals surface area contributed by atoms with Crippen molar-refractivity contribution in [3.8, 4) is 0 Å². The zero-order valence-electron chi connectivity index (χ0n) is 7.41. The molecule has 0 aliphatic heterocycles. The summed E-state index contributed by atoms with van der Waals surface area (Å²) in [7, 11) is 0. The molecule has 0 atom stereocenters. The van der Waals surface area contributed by atoms with Crippen LogP contribution in [-0.2, 0) is 6.61 Å². The third-order valence-electron chi connectivity index (χ3n) is 2.24. The van der Waals surface area contributed by atoms with E-state index in [-0.39, 0.29) is 12.4 Å². The van der Waals surface area contributed by atoms with Gasteiger partial charge >= 0.3 is 0 Å². The summed E-state index contributed by atoms with van der Waals surface area (Å²) in [6.07, 6.45) is 2.11. The number of hydrogen-bond donors (Lipinski definition) is 1. The van der Waals surface area contributed by atoms with Gasteiger partial charge < -0.3 is 9.63 Å². The molecule has 0 unspecified atom stereocenters. The van der Waals surface area contributed by atoms with E-state index >= 15 is 0 Å². The summed E-state index contributed by atoms with van der Waals surface area (Å²) in [6.45, 7) is 1.24. The second-order valence-corrected chi connectivity index (χ2v) is 3.36. The second kappa shape index (κ2) is 2.96. The van der Waals surface area contributed by atoms with Crippen LogP contribution in [0, 0.1) is 0 Å². The van der Waals surface area contributed by atoms with Crippen molar-refractivity contribution in [1.29, 1.82) is 0 Å². The van der Waals surface area contributed by atoms with Gasteiger partial charge in [-0.05, 0) is 19.8 Å². The van der Waals surface area contributed by atoms with Gasteiger partial charge in [0.2, 0.25) is 0 Å². The highest BCUT2D eigenvalue weighted by molar-refractivity contribution is 5.96. The van der Waals surface area contributed by atoms with Gasteiger partial charge in [-0.2, -0.15) is 0 Å². The minimum absolute atomic E-state index is 0.0767. The Balaban J connectivity index is 2.44. The van der Waals surface area contributed by atoms with Crippen LogP contribution in [0.4, 0.5) is 0 Å². The first kappa shape index (κ1) is 8.44. The first-order valence-electron chi connectivity index (χ1n) is 4.34. The van der Waals surface area contributed by atoms with Gasteiger partial charge in [-0.15, -0.1) is 0 Å². The molecule has 1 saturated carbocycles. The Bertz CT molecular complexity index is 339. The summed E-state index contributed by atoms with van der Waals surface area (Å²) in [5.41, 5.74) is 0.861. The lowest BCUT2D eigenvalue weighted by Crippen LogP contribution is -1.99. The summed E-state index contributed by atoms with van der Waals surface area (Å²) in [5, 5.41) is 12.6. The van der Waals surface area contributed by atoms with E-state index in [1.54, 1.807) is 0 Å². The lowest BCUT2D eigenvalue weighted by molar-refractivity contribution is 0.101. The molecule has 1 N–H and O–H groups in total. The van der Waals surface area contributed by atoms with Gasteiger partial charge in [0, 0.05) is 5.92 Å². The average molecular weight is 181 g/mol. The van der Waals surface area contributed by atoms with Crippen LogP contribution in [0.3, 0.4) is 0 Å². The van der Waals surface area contributed by atoms with Gasteiger partial charge in [0.15, 0.2) is 11.5 Å². The quantitative estimate of drug-likeness (QED) is 0.713. The molecule has 70 valence electrons. The molecule has 0 spiro atoms.